The minimum absolute atomic E-state index is 0.0132. The van der Waals surface area contributed by atoms with Crippen LogP contribution in [-0.4, -0.2) is 54.8 Å². The monoisotopic (exact) mass is 661 g/mol. The van der Waals surface area contributed by atoms with Gasteiger partial charge in [-0.2, -0.15) is 0 Å². The third-order valence-corrected chi connectivity index (χ3v) is 8.88. The molecule has 4 aromatic carbocycles. The number of benzene rings is 4. The molecule has 2 atom stereocenters. The molecule has 1 aliphatic rings. The maximum Gasteiger partial charge on any atom is 0.279 e. The summed E-state index contributed by atoms with van der Waals surface area (Å²) in [6.45, 7) is 1.87. The molecule has 0 radical (unpaired) electrons. The molecule has 3 N–H and O–H groups in total. The summed E-state index contributed by atoms with van der Waals surface area (Å²) in [7, 11) is 0. The molecule has 1 aromatic heterocycles. The molecule has 0 saturated carbocycles. The van der Waals surface area contributed by atoms with E-state index in [-0.39, 0.29) is 48.8 Å². The lowest BCUT2D eigenvalue weighted by Gasteiger charge is -2.28. The Morgan fingerprint density at radius 3 is 2.47 bits per heavy atom. The van der Waals surface area contributed by atoms with Gasteiger partial charge in [0.05, 0.1) is 40.4 Å². The second-order valence-corrected chi connectivity index (χ2v) is 12.0. The molecule has 250 valence electrons. The Balaban J connectivity index is 1.26. The number of fused-ring (bicyclic) bond motifs is 2. The number of rotatable bonds is 12. The summed E-state index contributed by atoms with van der Waals surface area (Å²) in [5.74, 6) is -1.81. The van der Waals surface area contributed by atoms with E-state index in [4.69, 9.17) is 0 Å². The van der Waals surface area contributed by atoms with Crippen molar-refractivity contribution in [2.75, 3.05) is 18.1 Å². The number of nitrogens with zero attached hydrogens (tertiary/aromatic N) is 4. The van der Waals surface area contributed by atoms with Gasteiger partial charge in [-0.1, -0.05) is 73.7 Å². The number of non-ortho nitro benzene ring substituents is 1. The number of nitrogens with one attached hydrogen (secondary N) is 1. The number of aliphatic hydroxyl groups excluding tert-OH is 1. The third-order valence-electron chi connectivity index (χ3n) is 8.88. The highest BCUT2D eigenvalue weighted by atomic mass is 16.6. The van der Waals surface area contributed by atoms with Crippen molar-refractivity contribution >= 4 is 34.1 Å². The van der Waals surface area contributed by atoms with E-state index in [1.54, 1.807) is 61.5 Å². The fourth-order valence-electron chi connectivity index (χ4n) is 6.28. The lowest BCUT2D eigenvalue weighted by Crippen LogP contribution is -2.44. The standard InChI is InChI=1S/C37H35N5O7/c1-25(9-7-16-34(44)39(19-20-43)23-26-10-3-2-4-11-26)37(47)31-22-29(42(48)49)17-18-33(31)40(36(37)46)24-27-12-8-13-28(21-27)41-35(45)30-14-5-6-15-32(30)38-41/h2-15,17-18,21-22,25,38,43,47H,16,19-20,23-24H2,1H3/b9-7+/t25-,37+/m0/s1. The van der Waals surface area contributed by atoms with Crippen LogP contribution in [0.5, 0.6) is 0 Å². The van der Waals surface area contributed by atoms with E-state index in [9.17, 15) is 34.7 Å². The first-order valence-electron chi connectivity index (χ1n) is 15.8. The number of aliphatic hydroxyl groups is 2. The number of carbonyl (C=O) groups is 2. The summed E-state index contributed by atoms with van der Waals surface area (Å²) in [6.07, 6.45) is 3.08. The molecule has 12 heteroatoms. The minimum Gasteiger partial charge on any atom is -0.395 e. The van der Waals surface area contributed by atoms with Gasteiger partial charge < -0.3 is 20.0 Å². The van der Waals surface area contributed by atoms with Gasteiger partial charge in [-0.3, -0.25) is 29.6 Å². The van der Waals surface area contributed by atoms with Crippen LogP contribution < -0.4 is 10.5 Å². The molecular formula is C37H35N5O7. The smallest absolute Gasteiger partial charge is 0.279 e. The van der Waals surface area contributed by atoms with Crippen LogP contribution in [0.15, 0.2) is 114 Å². The predicted octanol–water partition coefficient (Wildman–Crippen LogP) is 4.56. The number of nitro groups is 1. The maximum absolute atomic E-state index is 14.1. The zero-order valence-corrected chi connectivity index (χ0v) is 26.7. The van der Waals surface area contributed by atoms with Crippen molar-refractivity contribution in [2.24, 2.45) is 5.92 Å². The summed E-state index contributed by atoms with van der Waals surface area (Å²) in [5.41, 5.74) is 0.521. The van der Waals surface area contributed by atoms with E-state index < -0.39 is 22.3 Å². The van der Waals surface area contributed by atoms with Crippen LogP contribution in [-0.2, 0) is 28.3 Å². The summed E-state index contributed by atoms with van der Waals surface area (Å²) in [6, 6.07) is 27.5. The maximum atomic E-state index is 14.1. The number of aromatic amines is 1. The number of aromatic nitrogens is 2. The molecular weight excluding hydrogens is 626 g/mol. The molecule has 0 saturated heterocycles. The van der Waals surface area contributed by atoms with Crippen LogP contribution in [0, 0.1) is 16.0 Å². The molecule has 0 aliphatic carbocycles. The number of hydrogen-bond acceptors (Lipinski definition) is 7. The SMILES string of the molecule is C[C@@H](/C=C/CC(=O)N(CCO)Cc1ccccc1)[C@]1(O)C(=O)N(Cc2cccc(-n3[nH]c4ccccc4c3=O)c2)c2ccc([N+](=O)[O-])cc21. The van der Waals surface area contributed by atoms with Gasteiger partial charge in [-0.05, 0) is 41.5 Å². The van der Waals surface area contributed by atoms with Crippen LogP contribution in [0.2, 0.25) is 0 Å². The number of amides is 2. The highest BCUT2D eigenvalue weighted by Crippen LogP contribution is 2.47. The molecule has 0 spiro atoms. The minimum atomic E-state index is -2.17. The molecule has 12 nitrogen and oxygen atoms in total. The van der Waals surface area contributed by atoms with E-state index in [1.807, 2.05) is 36.4 Å². The first-order valence-corrected chi connectivity index (χ1v) is 15.8. The Morgan fingerprint density at radius 1 is 1.00 bits per heavy atom. The van der Waals surface area contributed by atoms with E-state index in [0.29, 0.717) is 34.4 Å². The van der Waals surface area contributed by atoms with Crippen molar-refractivity contribution in [1.82, 2.24) is 14.7 Å². The van der Waals surface area contributed by atoms with Gasteiger partial charge in [0.1, 0.15) is 0 Å². The fourth-order valence-corrected chi connectivity index (χ4v) is 6.28. The average Bonchev–Trinajstić information content (AvgIpc) is 3.56. The third kappa shape index (κ3) is 6.39. The largest absolute Gasteiger partial charge is 0.395 e. The topological polar surface area (TPSA) is 162 Å². The van der Waals surface area contributed by atoms with E-state index in [1.165, 1.54) is 32.7 Å². The summed E-state index contributed by atoms with van der Waals surface area (Å²) < 4.78 is 1.42. The molecule has 0 unspecified atom stereocenters. The average molecular weight is 662 g/mol. The van der Waals surface area contributed by atoms with Gasteiger partial charge in [0.2, 0.25) is 5.91 Å². The van der Waals surface area contributed by atoms with Crippen molar-refractivity contribution < 1.29 is 24.7 Å². The molecule has 0 fully saturated rings. The molecule has 2 amide bonds. The van der Waals surface area contributed by atoms with E-state index in [0.717, 1.165) is 5.56 Å². The highest BCUT2D eigenvalue weighted by Gasteiger charge is 2.53. The number of carbonyl (C=O) groups excluding carboxylic acids is 2. The van der Waals surface area contributed by atoms with Gasteiger partial charge in [0, 0.05) is 43.1 Å². The first-order chi connectivity index (χ1) is 23.6. The van der Waals surface area contributed by atoms with Crippen LogP contribution >= 0.6 is 0 Å². The van der Waals surface area contributed by atoms with Crippen LogP contribution in [0.3, 0.4) is 0 Å². The van der Waals surface area contributed by atoms with Gasteiger partial charge in [0.25, 0.3) is 17.2 Å². The van der Waals surface area contributed by atoms with Crippen molar-refractivity contribution in [1.29, 1.82) is 0 Å². The molecule has 1 aliphatic heterocycles. The van der Waals surface area contributed by atoms with Crippen LogP contribution in [0.1, 0.15) is 30.0 Å². The number of hydrogen-bond donors (Lipinski definition) is 3. The molecule has 5 aromatic rings. The van der Waals surface area contributed by atoms with Crippen LogP contribution in [0.25, 0.3) is 16.6 Å². The summed E-state index contributed by atoms with van der Waals surface area (Å²) >= 11 is 0. The first kappa shape index (κ1) is 33.1. The Labute approximate surface area is 281 Å². The zero-order valence-electron chi connectivity index (χ0n) is 26.7. The predicted molar refractivity (Wildman–Crippen MR) is 184 cm³/mol. The van der Waals surface area contributed by atoms with Crippen molar-refractivity contribution in [3.05, 3.63) is 146 Å². The van der Waals surface area contributed by atoms with E-state index in [2.05, 4.69) is 5.10 Å². The number of para-hydroxylation sites is 1. The van der Waals surface area contributed by atoms with Crippen molar-refractivity contribution in [3.8, 4) is 5.69 Å². The van der Waals surface area contributed by atoms with Crippen molar-refractivity contribution in [3.63, 3.8) is 0 Å². The van der Waals surface area contributed by atoms with Crippen LogP contribution in [0.4, 0.5) is 11.4 Å². The Morgan fingerprint density at radius 2 is 1.73 bits per heavy atom. The van der Waals surface area contributed by atoms with Gasteiger partial charge in [-0.25, -0.2) is 4.68 Å². The normalized spacial score (nSPS) is 16.3. The Kier molecular flexibility index (Phi) is 9.25. The molecule has 49 heavy (non-hydrogen) atoms. The Bertz CT molecular complexity index is 2120. The number of nitro benzene ring substituents is 1. The quantitative estimate of drug-likeness (QED) is 0.100. The number of H-pyrrole nitrogens is 1. The second kappa shape index (κ2) is 13.7. The molecule has 0 bridgehead atoms. The number of anilines is 1. The van der Waals surface area contributed by atoms with E-state index >= 15 is 0 Å². The lowest BCUT2D eigenvalue weighted by molar-refractivity contribution is -0.385. The molecule has 2 heterocycles. The fraction of sp³-hybridized carbons (Fsp3) is 0.216. The van der Waals surface area contributed by atoms with Crippen molar-refractivity contribution in [2.45, 2.75) is 32.0 Å². The van der Waals surface area contributed by atoms with Gasteiger partial charge >= 0.3 is 0 Å². The second-order valence-electron chi connectivity index (χ2n) is 12.0. The lowest BCUT2D eigenvalue weighted by atomic mass is 9.82. The van der Waals surface area contributed by atoms with Gasteiger partial charge in [-0.15, -0.1) is 0 Å². The Hall–Kier alpha value is -5.85. The highest BCUT2D eigenvalue weighted by molar-refractivity contribution is 6.07. The summed E-state index contributed by atoms with van der Waals surface area (Å²) in [4.78, 5) is 54.3. The summed E-state index contributed by atoms with van der Waals surface area (Å²) in [5, 5.41) is 37.0. The van der Waals surface area contributed by atoms with Gasteiger partial charge in [0.15, 0.2) is 5.60 Å². The zero-order chi connectivity index (χ0) is 34.7. The molecule has 6 rings (SSSR count).